The van der Waals surface area contributed by atoms with E-state index in [-0.39, 0.29) is 6.03 Å². The van der Waals surface area contributed by atoms with Gasteiger partial charge in [-0.05, 0) is 23.5 Å². The van der Waals surface area contributed by atoms with E-state index in [1.165, 1.54) is 5.56 Å². The summed E-state index contributed by atoms with van der Waals surface area (Å²) in [6.45, 7) is 13.4. The second-order valence-electron chi connectivity index (χ2n) is 6.85. The first-order chi connectivity index (χ1) is 10.5. The van der Waals surface area contributed by atoms with Gasteiger partial charge in [-0.15, -0.1) is 0 Å². The minimum atomic E-state index is 0.0253. The molecule has 0 saturated carbocycles. The maximum Gasteiger partial charge on any atom is 0.321 e. The van der Waals surface area contributed by atoms with Crippen LogP contribution in [0.3, 0.4) is 0 Å². The van der Waals surface area contributed by atoms with Gasteiger partial charge < -0.3 is 10.2 Å². The number of carbonyl (C=O) groups is 1. The monoisotopic (exact) mass is 303 g/mol. The van der Waals surface area contributed by atoms with Gasteiger partial charge in [0.25, 0.3) is 0 Å². The Kier molecular flexibility index (Phi) is 5.83. The zero-order chi connectivity index (χ0) is 16.1. The highest BCUT2D eigenvalue weighted by atomic mass is 16.2. The first kappa shape index (κ1) is 16.8. The summed E-state index contributed by atoms with van der Waals surface area (Å²) in [6, 6.07) is 8.10. The lowest BCUT2D eigenvalue weighted by Crippen LogP contribution is -2.50. The average molecular weight is 303 g/mol. The molecule has 2 rings (SSSR count). The average Bonchev–Trinajstić information content (AvgIpc) is 2.47. The number of para-hydroxylation sites is 1. The molecule has 0 radical (unpaired) electrons. The van der Waals surface area contributed by atoms with Crippen molar-refractivity contribution < 1.29 is 4.79 Å². The molecule has 1 aromatic carbocycles. The lowest BCUT2D eigenvalue weighted by atomic mass is 10.0. The van der Waals surface area contributed by atoms with Gasteiger partial charge in [0, 0.05) is 38.4 Å². The summed E-state index contributed by atoms with van der Waals surface area (Å²) in [4.78, 5) is 16.8. The fraction of sp³-hybridized carbons (Fsp3) is 0.611. The number of piperazine rings is 1. The van der Waals surface area contributed by atoms with E-state index >= 15 is 0 Å². The Labute approximate surface area is 134 Å². The minimum absolute atomic E-state index is 0.0253. The van der Waals surface area contributed by atoms with E-state index in [9.17, 15) is 4.79 Å². The number of hydrogen-bond acceptors (Lipinski definition) is 2. The standard InChI is InChI=1S/C18H29N3O/c1-14(2)13-20-9-11-21(12-10-20)18(22)19-17-8-6-5-7-16(17)15(3)4/h5-8,14-15H,9-13H2,1-4H3,(H,19,22). The zero-order valence-electron chi connectivity index (χ0n) is 14.3. The van der Waals surface area contributed by atoms with Gasteiger partial charge in [0.05, 0.1) is 0 Å². The topological polar surface area (TPSA) is 35.6 Å². The maximum atomic E-state index is 12.5. The van der Waals surface area contributed by atoms with Crippen molar-refractivity contribution in [3.63, 3.8) is 0 Å². The van der Waals surface area contributed by atoms with E-state index < -0.39 is 0 Å². The van der Waals surface area contributed by atoms with Gasteiger partial charge >= 0.3 is 6.03 Å². The molecular weight excluding hydrogens is 274 g/mol. The molecule has 0 spiro atoms. The van der Waals surface area contributed by atoms with Gasteiger partial charge in [-0.1, -0.05) is 45.9 Å². The summed E-state index contributed by atoms with van der Waals surface area (Å²) >= 11 is 0. The third-order valence-corrected chi connectivity index (χ3v) is 4.11. The molecule has 0 aromatic heterocycles. The zero-order valence-corrected chi connectivity index (χ0v) is 14.3. The van der Waals surface area contributed by atoms with Crippen molar-refractivity contribution in [1.29, 1.82) is 0 Å². The van der Waals surface area contributed by atoms with E-state index in [4.69, 9.17) is 0 Å². The number of rotatable bonds is 4. The van der Waals surface area contributed by atoms with E-state index in [1.807, 2.05) is 23.1 Å². The molecule has 1 aliphatic rings. The van der Waals surface area contributed by atoms with Crippen molar-refractivity contribution in [2.45, 2.75) is 33.6 Å². The number of urea groups is 1. The second-order valence-corrected chi connectivity index (χ2v) is 6.85. The van der Waals surface area contributed by atoms with Gasteiger partial charge in [-0.25, -0.2) is 4.79 Å². The quantitative estimate of drug-likeness (QED) is 0.922. The Hall–Kier alpha value is -1.55. The molecule has 0 bridgehead atoms. The van der Waals surface area contributed by atoms with Crippen LogP contribution in [0.5, 0.6) is 0 Å². The fourth-order valence-corrected chi connectivity index (χ4v) is 2.96. The van der Waals surface area contributed by atoms with Gasteiger partial charge in [-0.3, -0.25) is 4.90 Å². The van der Waals surface area contributed by atoms with Crippen LogP contribution < -0.4 is 5.32 Å². The first-order valence-electron chi connectivity index (χ1n) is 8.34. The van der Waals surface area contributed by atoms with Crippen molar-refractivity contribution in [3.8, 4) is 0 Å². The minimum Gasteiger partial charge on any atom is -0.322 e. The van der Waals surface area contributed by atoms with Crippen LogP contribution in [0.15, 0.2) is 24.3 Å². The summed E-state index contributed by atoms with van der Waals surface area (Å²) in [5.74, 6) is 1.08. The number of hydrogen-bond donors (Lipinski definition) is 1. The summed E-state index contributed by atoms with van der Waals surface area (Å²) in [5, 5.41) is 3.09. The Balaban J connectivity index is 1.91. The molecule has 1 aliphatic heterocycles. The fourth-order valence-electron chi connectivity index (χ4n) is 2.96. The number of amides is 2. The van der Waals surface area contributed by atoms with Crippen LogP contribution in [0, 0.1) is 5.92 Å². The van der Waals surface area contributed by atoms with E-state index in [2.05, 4.69) is 44.0 Å². The molecule has 0 aliphatic carbocycles. The maximum absolute atomic E-state index is 12.5. The molecule has 4 heteroatoms. The van der Waals surface area contributed by atoms with Gasteiger partial charge in [0.15, 0.2) is 0 Å². The van der Waals surface area contributed by atoms with Crippen molar-refractivity contribution in [1.82, 2.24) is 9.80 Å². The highest BCUT2D eigenvalue weighted by Gasteiger charge is 2.22. The van der Waals surface area contributed by atoms with E-state index in [0.29, 0.717) is 11.8 Å². The highest BCUT2D eigenvalue weighted by molar-refractivity contribution is 5.90. The smallest absolute Gasteiger partial charge is 0.321 e. The van der Waals surface area contributed by atoms with Crippen LogP contribution in [0.1, 0.15) is 39.2 Å². The summed E-state index contributed by atoms with van der Waals surface area (Å²) in [5.41, 5.74) is 2.13. The van der Waals surface area contributed by atoms with Gasteiger partial charge in [-0.2, -0.15) is 0 Å². The normalized spacial score (nSPS) is 16.4. The number of benzene rings is 1. The van der Waals surface area contributed by atoms with E-state index in [0.717, 1.165) is 38.4 Å². The molecule has 122 valence electrons. The summed E-state index contributed by atoms with van der Waals surface area (Å²) in [7, 11) is 0. The molecule has 1 heterocycles. The lowest BCUT2D eigenvalue weighted by molar-refractivity contribution is 0.138. The van der Waals surface area contributed by atoms with E-state index in [1.54, 1.807) is 0 Å². The third-order valence-electron chi connectivity index (χ3n) is 4.11. The molecule has 0 atom stereocenters. The molecule has 22 heavy (non-hydrogen) atoms. The van der Waals surface area contributed by atoms with Crippen molar-refractivity contribution in [2.24, 2.45) is 5.92 Å². The van der Waals surface area contributed by atoms with Gasteiger partial charge in [0.2, 0.25) is 0 Å². The Bertz CT molecular complexity index is 491. The van der Waals surface area contributed by atoms with Crippen LogP contribution in [0.4, 0.5) is 10.5 Å². The first-order valence-corrected chi connectivity index (χ1v) is 8.34. The molecule has 1 aromatic rings. The third kappa shape index (κ3) is 4.47. The van der Waals surface area contributed by atoms with Crippen LogP contribution in [-0.4, -0.2) is 48.6 Å². The second kappa shape index (κ2) is 7.63. The van der Waals surface area contributed by atoms with Crippen molar-refractivity contribution in [2.75, 3.05) is 38.0 Å². The van der Waals surface area contributed by atoms with Crippen molar-refractivity contribution in [3.05, 3.63) is 29.8 Å². The molecule has 0 unspecified atom stereocenters. The van der Waals surface area contributed by atoms with Crippen LogP contribution >= 0.6 is 0 Å². The molecule has 1 N–H and O–H groups in total. The lowest BCUT2D eigenvalue weighted by Gasteiger charge is -2.35. The van der Waals surface area contributed by atoms with Crippen molar-refractivity contribution >= 4 is 11.7 Å². The summed E-state index contributed by atoms with van der Waals surface area (Å²) < 4.78 is 0. The van der Waals surface area contributed by atoms with Crippen LogP contribution in [-0.2, 0) is 0 Å². The summed E-state index contributed by atoms with van der Waals surface area (Å²) in [6.07, 6.45) is 0. The molecule has 2 amide bonds. The number of carbonyl (C=O) groups excluding carboxylic acids is 1. The molecular formula is C18H29N3O. The van der Waals surface area contributed by atoms with Crippen LogP contribution in [0.2, 0.25) is 0 Å². The number of nitrogens with one attached hydrogen (secondary N) is 1. The number of nitrogens with zero attached hydrogens (tertiary/aromatic N) is 2. The van der Waals surface area contributed by atoms with Gasteiger partial charge in [0.1, 0.15) is 0 Å². The Morgan fingerprint density at radius 3 is 2.32 bits per heavy atom. The largest absolute Gasteiger partial charge is 0.322 e. The number of anilines is 1. The molecule has 1 fully saturated rings. The SMILES string of the molecule is CC(C)CN1CCN(C(=O)Nc2ccccc2C(C)C)CC1. The Morgan fingerprint density at radius 2 is 1.73 bits per heavy atom. The molecule has 1 saturated heterocycles. The Morgan fingerprint density at radius 1 is 1.09 bits per heavy atom. The van der Waals surface area contributed by atoms with Crippen LogP contribution in [0.25, 0.3) is 0 Å². The predicted molar refractivity (Wildman–Crippen MR) is 92.4 cm³/mol. The molecule has 4 nitrogen and oxygen atoms in total. The highest BCUT2D eigenvalue weighted by Crippen LogP contribution is 2.24. The predicted octanol–water partition coefficient (Wildman–Crippen LogP) is 3.62.